The third-order valence-corrected chi connectivity index (χ3v) is 7.44. The van der Waals surface area contributed by atoms with E-state index in [1.54, 1.807) is 11.9 Å². The van der Waals surface area contributed by atoms with E-state index in [0.717, 1.165) is 0 Å². The Morgan fingerprint density at radius 2 is 1.94 bits per heavy atom. The van der Waals surface area contributed by atoms with E-state index in [1.165, 1.54) is 42.5 Å². The van der Waals surface area contributed by atoms with Crippen LogP contribution in [0.1, 0.15) is 29.6 Å². The molecule has 1 fully saturated rings. The number of anilines is 1. The predicted octanol–water partition coefficient (Wildman–Crippen LogP) is 3.00. The van der Waals surface area contributed by atoms with Crippen molar-refractivity contribution in [2.75, 3.05) is 18.4 Å². The van der Waals surface area contributed by atoms with Crippen LogP contribution >= 0.6 is 11.6 Å². The summed E-state index contributed by atoms with van der Waals surface area (Å²) in [6, 6.07) is 9.93. The Morgan fingerprint density at radius 1 is 1.21 bits per heavy atom. The number of likely N-dealkylation sites (N-methyl/N-ethyl adjacent to an activating group) is 1. The smallest absolute Gasteiger partial charge is 0.305 e. The summed E-state index contributed by atoms with van der Waals surface area (Å²) in [5, 5.41) is 9.46. The zero-order chi connectivity index (χ0) is 23.8. The van der Waals surface area contributed by atoms with Gasteiger partial charge in [0.2, 0.25) is 0 Å². The molecule has 176 valence electrons. The van der Waals surface area contributed by atoms with Crippen LogP contribution in [0.25, 0.3) is 0 Å². The van der Waals surface area contributed by atoms with Gasteiger partial charge in [-0.2, -0.15) is 0 Å². The van der Waals surface area contributed by atoms with E-state index in [0.29, 0.717) is 23.6 Å². The highest BCUT2D eigenvalue weighted by Gasteiger charge is 2.39. The van der Waals surface area contributed by atoms with Gasteiger partial charge in [-0.05, 0) is 55.3 Å². The van der Waals surface area contributed by atoms with Gasteiger partial charge in [0.15, 0.2) is 0 Å². The van der Waals surface area contributed by atoms with Crippen LogP contribution in [0.5, 0.6) is 5.75 Å². The quantitative estimate of drug-likeness (QED) is 0.655. The SMILES string of the molecule is CN1C(=O)c2cc(NS(=O)(=O)c3ccc(Cl)cc3)ccc2OC[C@H]2O[C@@H](CC(=O)O)CC[C@H]21. The molecule has 2 aromatic carbocycles. The van der Waals surface area contributed by atoms with Crippen LogP contribution in [-0.2, 0) is 19.6 Å². The molecule has 2 N–H and O–H groups in total. The molecule has 0 bridgehead atoms. The summed E-state index contributed by atoms with van der Waals surface area (Å²) in [7, 11) is -2.23. The molecule has 3 atom stereocenters. The van der Waals surface area contributed by atoms with Crippen LogP contribution in [0.3, 0.4) is 0 Å². The van der Waals surface area contributed by atoms with Gasteiger partial charge in [0.25, 0.3) is 15.9 Å². The van der Waals surface area contributed by atoms with Gasteiger partial charge in [-0.15, -0.1) is 0 Å². The second kappa shape index (κ2) is 9.20. The molecule has 2 aromatic rings. The number of carboxylic acids is 1. The van der Waals surface area contributed by atoms with Gasteiger partial charge in [-0.1, -0.05) is 11.6 Å². The summed E-state index contributed by atoms with van der Waals surface area (Å²) in [5.74, 6) is -0.982. The number of carbonyl (C=O) groups excluding carboxylic acids is 1. The molecule has 2 aliphatic rings. The highest BCUT2D eigenvalue weighted by Crippen LogP contribution is 2.33. The Balaban J connectivity index is 1.57. The topological polar surface area (TPSA) is 122 Å². The molecule has 11 heteroatoms. The average molecular weight is 495 g/mol. The van der Waals surface area contributed by atoms with E-state index in [-0.39, 0.29) is 41.1 Å². The Morgan fingerprint density at radius 3 is 2.64 bits per heavy atom. The minimum Gasteiger partial charge on any atom is -0.490 e. The number of fused-ring (bicyclic) bond motifs is 2. The number of carbonyl (C=O) groups is 2. The number of hydrogen-bond acceptors (Lipinski definition) is 6. The number of sulfonamides is 1. The summed E-state index contributed by atoms with van der Waals surface area (Å²) < 4.78 is 39.6. The molecule has 1 saturated heterocycles. The molecule has 9 nitrogen and oxygen atoms in total. The van der Waals surface area contributed by atoms with Crippen LogP contribution in [0.2, 0.25) is 5.02 Å². The first kappa shape index (κ1) is 23.3. The monoisotopic (exact) mass is 494 g/mol. The van der Waals surface area contributed by atoms with Gasteiger partial charge in [0, 0.05) is 17.8 Å². The first-order valence-electron chi connectivity index (χ1n) is 10.3. The first-order chi connectivity index (χ1) is 15.6. The van der Waals surface area contributed by atoms with Gasteiger partial charge in [-0.25, -0.2) is 8.42 Å². The number of halogens is 1. The van der Waals surface area contributed by atoms with Crippen molar-refractivity contribution in [1.82, 2.24) is 4.90 Å². The molecule has 0 unspecified atom stereocenters. The van der Waals surface area contributed by atoms with Crippen molar-refractivity contribution in [2.24, 2.45) is 0 Å². The van der Waals surface area contributed by atoms with Crippen molar-refractivity contribution in [2.45, 2.75) is 42.4 Å². The number of benzene rings is 2. The zero-order valence-electron chi connectivity index (χ0n) is 17.7. The number of carboxylic acid groups (broad SMARTS) is 1. The highest BCUT2D eigenvalue weighted by molar-refractivity contribution is 7.92. The summed E-state index contributed by atoms with van der Waals surface area (Å²) in [4.78, 5) is 25.9. The largest absolute Gasteiger partial charge is 0.490 e. The van der Waals surface area contributed by atoms with Crippen LogP contribution in [0.15, 0.2) is 47.4 Å². The lowest BCUT2D eigenvalue weighted by molar-refractivity contribution is -0.148. The molecule has 0 saturated carbocycles. The number of ether oxygens (including phenoxy) is 2. The van der Waals surface area contributed by atoms with E-state index < -0.39 is 28.2 Å². The van der Waals surface area contributed by atoms with E-state index in [2.05, 4.69) is 4.72 Å². The minimum absolute atomic E-state index is 0.0384. The van der Waals surface area contributed by atoms with E-state index in [1.807, 2.05) is 0 Å². The van der Waals surface area contributed by atoms with Crippen molar-refractivity contribution >= 4 is 39.2 Å². The Kier molecular flexibility index (Phi) is 6.51. The molecule has 0 radical (unpaired) electrons. The van der Waals surface area contributed by atoms with Gasteiger partial charge < -0.3 is 19.5 Å². The maximum atomic E-state index is 13.2. The standard InChI is InChI=1S/C22H23ClN2O7S/c1-25-18-8-5-15(11-21(26)27)32-20(18)12-31-19-9-4-14(10-17(19)22(25)28)24-33(29,30)16-6-2-13(23)3-7-16/h2-4,6-7,9-10,15,18,20,24H,5,8,11-12H2,1H3,(H,26,27)/t15-,18-,20-/m1/s1. The van der Waals surface area contributed by atoms with Gasteiger partial charge >= 0.3 is 5.97 Å². The Hall–Kier alpha value is -2.82. The number of nitrogens with zero attached hydrogens (tertiary/aromatic N) is 1. The summed E-state index contributed by atoms with van der Waals surface area (Å²) >= 11 is 5.83. The Labute approximate surface area is 196 Å². The lowest BCUT2D eigenvalue weighted by Gasteiger charge is -2.42. The van der Waals surface area contributed by atoms with E-state index in [4.69, 9.17) is 26.2 Å². The van der Waals surface area contributed by atoms with Crippen molar-refractivity contribution in [3.63, 3.8) is 0 Å². The normalized spacial score (nSPS) is 22.9. The summed E-state index contributed by atoms with van der Waals surface area (Å²) in [5.41, 5.74) is 0.438. The lowest BCUT2D eigenvalue weighted by atomic mass is 9.95. The van der Waals surface area contributed by atoms with Crippen molar-refractivity contribution in [3.05, 3.63) is 53.1 Å². The second-order valence-corrected chi connectivity index (χ2v) is 10.2. The number of rotatable bonds is 5. The predicted molar refractivity (Wildman–Crippen MR) is 120 cm³/mol. The molecule has 0 spiro atoms. The number of aliphatic carboxylic acids is 1. The van der Waals surface area contributed by atoms with Crippen molar-refractivity contribution < 1.29 is 32.6 Å². The van der Waals surface area contributed by atoms with Gasteiger partial charge in [0.1, 0.15) is 18.5 Å². The van der Waals surface area contributed by atoms with E-state index in [9.17, 15) is 18.0 Å². The third-order valence-electron chi connectivity index (χ3n) is 5.79. The fraction of sp³-hybridized carbons (Fsp3) is 0.364. The molecular formula is C22H23ClN2O7S. The maximum Gasteiger partial charge on any atom is 0.305 e. The third kappa shape index (κ3) is 5.07. The second-order valence-electron chi connectivity index (χ2n) is 8.04. The molecule has 1 amide bonds. The molecule has 2 heterocycles. The number of amides is 1. The molecule has 2 aliphatic heterocycles. The summed E-state index contributed by atoms with van der Waals surface area (Å²) in [6.07, 6.45) is 0.0903. The van der Waals surface area contributed by atoms with Crippen LogP contribution < -0.4 is 9.46 Å². The molecule has 33 heavy (non-hydrogen) atoms. The van der Waals surface area contributed by atoms with Gasteiger partial charge in [-0.3, -0.25) is 14.3 Å². The first-order valence-corrected chi connectivity index (χ1v) is 12.2. The number of nitrogens with one attached hydrogen (secondary N) is 1. The molecular weight excluding hydrogens is 472 g/mol. The summed E-state index contributed by atoms with van der Waals surface area (Å²) in [6.45, 7) is 0.140. The molecule has 4 rings (SSSR count). The number of hydrogen-bond donors (Lipinski definition) is 2. The Bertz CT molecular complexity index is 1170. The fourth-order valence-corrected chi connectivity index (χ4v) is 5.29. The van der Waals surface area contributed by atoms with Crippen LogP contribution in [0, 0.1) is 0 Å². The average Bonchev–Trinajstić information content (AvgIpc) is 2.76. The van der Waals surface area contributed by atoms with Gasteiger partial charge in [0.05, 0.1) is 29.0 Å². The fourth-order valence-electron chi connectivity index (χ4n) is 4.11. The van der Waals surface area contributed by atoms with Crippen molar-refractivity contribution in [3.8, 4) is 5.75 Å². The van der Waals surface area contributed by atoms with Crippen LogP contribution in [-0.4, -0.2) is 62.2 Å². The van der Waals surface area contributed by atoms with E-state index >= 15 is 0 Å². The maximum absolute atomic E-state index is 13.2. The van der Waals surface area contributed by atoms with Crippen molar-refractivity contribution in [1.29, 1.82) is 0 Å². The zero-order valence-corrected chi connectivity index (χ0v) is 19.3. The lowest BCUT2D eigenvalue weighted by Crippen LogP contribution is -2.53. The van der Waals surface area contributed by atoms with Crippen LogP contribution in [0.4, 0.5) is 5.69 Å². The highest BCUT2D eigenvalue weighted by atomic mass is 35.5. The minimum atomic E-state index is -3.88. The molecule has 0 aliphatic carbocycles. The molecule has 0 aromatic heterocycles.